The van der Waals surface area contributed by atoms with Crippen molar-refractivity contribution < 1.29 is 19.0 Å². The normalized spacial score (nSPS) is 13.4. The lowest BCUT2D eigenvalue weighted by molar-refractivity contribution is 0.0525. The first-order valence-corrected chi connectivity index (χ1v) is 5.78. The third-order valence-corrected chi connectivity index (χ3v) is 2.70. The Hall–Kier alpha value is -1.23. The number of ether oxygens (including phenoxy) is 3. The summed E-state index contributed by atoms with van der Waals surface area (Å²) in [5.41, 5.74) is 0.456. The maximum Gasteiger partial charge on any atom is 0.338 e. The zero-order valence-corrected chi connectivity index (χ0v) is 10.4. The van der Waals surface area contributed by atoms with Gasteiger partial charge in [0.05, 0.1) is 16.6 Å². The van der Waals surface area contributed by atoms with Crippen LogP contribution in [-0.2, 0) is 4.74 Å². The number of rotatable bonds is 2. The zero-order chi connectivity index (χ0) is 11.5. The second-order valence-corrected chi connectivity index (χ2v) is 4.06. The highest BCUT2D eigenvalue weighted by atomic mass is 79.9. The van der Waals surface area contributed by atoms with Crippen molar-refractivity contribution in [2.45, 2.75) is 6.92 Å². The first kappa shape index (κ1) is 11.3. The number of esters is 1. The zero-order valence-electron chi connectivity index (χ0n) is 8.79. The van der Waals surface area contributed by atoms with Gasteiger partial charge in [-0.1, -0.05) is 0 Å². The summed E-state index contributed by atoms with van der Waals surface area (Å²) < 4.78 is 16.5. The average molecular weight is 287 g/mol. The topological polar surface area (TPSA) is 44.8 Å². The predicted octanol–water partition coefficient (Wildman–Crippen LogP) is 2.40. The summed E-state index contributed by atoms with van der Waals surface area (Å²) in [7, 11) is 0. The van der Waals surface area contributed by atoms with Gasteiger partial charge in [-0.3, -0.25) is 0 Å². The molecule has 1 aromatic rings. The van der Waals surface area contributed by atoms with Crippen LogP contribution in [0.15, 0.2) is 16.6 Å². The molecule has 0 saturated heterocycles. The van der Waals surface area contributed by atoms with E-state index >= 15 is 0 Å². The maximum atomic E-state index is 11.5. The molecule has 1 heterocycles. The van der Waals surface area contributed by atoms with Gasteiger partial charge in [-0.15, -0.1) is 0 Å². The molecular formula is C11H11BrO4. The molecule has 4 nitrogen and oxygen atoms in total. The lowest BCUT2D eigenvalue weighted by atomic mass is 10.2. The Morgan fingerprint density at radius 1 is 1.44 bits per heavy atom. The van der Waals surface area contributed by atoms with E-state index in [-0.39, 0.29) is 5.97 Å². The third kappa shape index (κ3) is 2.14. The lowest BCUT2D eigenvalue weighted by Crippen LogP contribution is -2.16. The molecule has 86 valence electrons. The number of carbonyl (C=O) groups is 1. The van der Waals surface area contributed by atoms with Crippen LogP contribution in [0.2, 0.25) is 0 Å². The van der Waals surface area contributed by atoms with Gasteiger partial charge in [0.2, 0.25) is 0 Å². The Bertz CT molecular complexity index is 417. The molecule has 5 heteroatoms. The molecule has 1 aliphatic rings. The van der Waals surface area contributed by atoms with Gasteiger partial charge >= 0.3 is 5.97 Å². The SMILES string of the molecule is CCOC(=O)c1cc(Br)c2c(c1)OCCO2. The smallest absolute Gasteiger partial charge is 0.338 e. The van der Waals surface area contributed by atoms with E-state index in [4.69, 9.17) is 14.2 Å². The summed E-state index contributed by atoms with van der Waals surface area (Å²) in [4.78, 5) is 11.5. The van der Waals surface area contributed by atoms with Crippen molar-refractivity contribution >= 4 is 21.9 Å². The van der Waals surface area contributed by atoms with Crippen molar-refractivity contribution in [1.29, 1.82) is 0 Å². The van der Waals surface area contributed by atoms with Gasteiger partial charge in [-0.25, -0.2) is 4.79 Å². The Morgan fingerprint density at radius 2 is 2.19 bits per heavy atom. The van der Waals surface area contributed by atoms with Gasteiger partial charge in [-0.2, -0.15) is 0 Å². The first-order chi connectivity index (χ1) is 7.72. The molecule has 0 fully saturated rings. The van der Waals surface area contributed by atoms with Crippen LogP contribution in [0, 0.1) is 0 Å². The minimum absolute atomic E-state index is 0.352. The van der Waals surface area contributed by atoms with E-state index in [1.165, 1.54) is 0 Å². The van der Waals surface area contributed by atoms with E-state index < -0.39 is 0 Å². The number of hydrogen-bond acceptors (Lipinski definition) is 4. The summed E-state index contributed by atoms with van der Waals surface area (Å²) >= 11 is 3.34. The minimum atomic E-state index is -0.361. The summed E-state index contributed by atoms with van der Waals surface area (Å²) in [6.45, 7) is 3.13. The summed E-state index contributed by atoms with van der Waals surface area (Å²) in [6, 6.07) is 3.31. The fourth-order valence-electron chi connectivity index (χ4n) is 1.44. The van der Waals surface area contributed by atoms with Gasteiger partial charge < -0.3 is 14.2 Å². The summed E-state index contributed by atoms with van der Waals surface area (Å²) in [6.07, 6.45) is 0. The molecule has 0 unspecified atom stereocenters. The predicted molar refractivity (Wildman–Crippen MR) is 61.1 cm³/mol. The number of benzene rings is 1. The van der Waals surface area contributed by atoms with Crippen LogP contribution in [0.4, 0.5) is 0 Å². The molecule has 0 bridgehead atoms. The molecule has 1 aromatic carbocycles. The van der Waals surface area contributed by atoms with Crippen LogP contribution < -0.4 is 9.47 Å². The highest BCUT2D eigenvalue weighted by molar-refractivity contribution is 9.10. The van der Waals surface area contributed by atoms with E-state index in [2.05, 4.69) is 15.9 Å². The largest absolute Gasteiger partial charge is 0.486 e. The number of halogens is 1. The van der Waals surface area contributed by atoms with E-state index in [0.29, 0.717) is 41.4 Å². The van der Waals surface area contributed by atoms with Gasteiger partial charge in [-0.05, 0) is 35.0 Å². The van der Waals surface area contributed by atoms with Crippen LogP contribution in [0.5, 0.6) is 11.5 Å². The van der Waals surface area contributed by atoms with Crippen LogP contribution in [0.25, 0.3) is 0 Å². The monoisotopic (exact) mass is 286 g/mol. The minimum Gasteiger partial charge on any atom is -0.486 e. The average Bonchev–Trinajstić information content (AvgIpc) is 2.29. The molecule has 0 aromatic heterocycles. The van der Waals surface area contributed by atoms with Gasteiger partial charge in [0.1, 0.15) is 13.2 Å². The van der Waals surface area contributed by atoms with Crippen molar-refractivity contribution in [3.63, 3.8) is 0 Å². The second kappa shape index (κ2) is 4.74. The van der Waals surface area contributed by atoms with Crippen LogP contribution in [-0.4, -0.2) is 25.8 Å². The first-order valence-electron chi connectivity index (χ1n) is 4.98. The van der Waals surface area contributed by atoms with Crippen LogP contribution in [0.3, 0.4) is 0 Å². The Kier molecular flexibility index (Phi) is 3.33. The van der Waals surface area contributed by atoms with Gasteiger partial charge in [0.15, 0.2) is 11.5 Å². The number of fused-ring (bicyclic) bond motifs is 1. The van der Waals surface area contributed by atoms with Crippen molar-refractivity contribution in [1.82, 2.24) is 0 Å². The van der Waals surface area contributed by atoms with E-state index in [0.717, 1.165) is 0 Å². The lowest BCUT2D eigenvalue weighted by Gasteiger charge is -2.20. The van der Waals surface area contributed by atoms with E-state index in [1.54, 1.807) is 19.1 Å². The van der Waals surface area contributed by atoms with Gasteiger partial charge in [0.25, 0.3) is 0 Å². The van der Waals surface area contributed by atoms with Crippen molar-refractivity contribution in [3.05, 3.63) is 22.2 Å². The number of carbonyl (C=O) groups excluding carboxylic acids is 1. The van der Waals surface area contributed by atoms with E-state index in [1.807, 2.05) is 0 Å². The molecule has 0 radical (unpaired) electrons. The fraction of sp³-hybridized carbons (Fsp3) is 0.364. The van der Waals surface area contributed by atoms with Gasteiger partial charge in [0, 0.05) is 0 Å². The Balaban J connectivity index is 2.35. The highest BCUT2D eigenvalue weighted by Gasteiger charge is 2.19. The molecule has 0 saturated carbocycles. The standard InChI is InChI=1S/C11H11BrO4/c1-2-14-11(13)7-5-8(12)10-9(6-7)15-3-4-16-10/h5-6H,2-4H2,1H3. The molecular weight excluding hydrogens is 276 g/mol. The molecule has 0 N–H and O–H groups in total. The highest BCUT2D eigenvalue weighted by Crippen LogP contribution is 2.38. The molecule has 2 rings (SSSR count). The van der Waals surface area contributed by atoms with Crippen molar-refractivity contribution in [3.8, 4) is 11.5 Å². The quantitative estimate of drug-likeness (QED) is 0.783. The van der Waals surface area contributed by atoms with Crippen molar-refractivity contribution in [2.75, 3.05) is 19.8 Å². The molecule has 16 heavy (non-hydrogen) atoms. The third-order valence-electron chi connectivity index (χ3n) is 2.11. The molecule has 0 amide bonds. The molecule has 0 aliphatic carbocycles. The summed E-state index contributed by atoms with van der Waals surface area (Å²) in [5, 5.41) is 0. The Morgan fingerprint density at radius 3 is 2.94 bits per heavy atom. The van der Waals surface area contributed by atoms with Crippen LogP contribution >= 0.6 is 15.9 Å². The molecule has 1 aliphatic heterocycles. The Labute approximate surface area is 102 Å². The maximum absolute atomic E-state index is 11.5. The van der Waals surface area contributed by atoms with E-state index in [9.17, 15) is 4.79 Å². The second-order valence-electron chi connectivity index (χ2n) is 3.20. The number of hydrogen-bond donors (Lipinski definition) is 0. The molecule has 0 spiro atoms. The summed E-state index contributed by atoms with van der Waals surface area (Å²) in [5.74, 6) is 0.850. The van der Waals surface area contributed by atoms with Crippen molar-refractivity contribution in [2.24, 2.45) is 0 Å². The molecule has 0 atom stereocenters. The van der Waals surface area contributed by atoms with Crippen LogP contribution in [0.1, 0.15) is 17.3 Å². The fourth-order valence-corrected chi connectivity index (χ4v) is 2.00.